The van der Waals surface area contributed by atoms with E-state index in [0.717, 1.165) is 4.47 Å². The van der Waals surface area contributed by atoms with Gasteiger partial charge in [0.15, 0.2) is 0 Å². The molecule has 0 bridgehead atoms. The molecule has 0 fully saturated rings. The Bertz CT molecular complexity index is 302. The summed E-state index contributed by atoms with van der Waals surface area (Å²) in [6.07, 6.45) is 5.19. The molecule has 1 rings (SSSR count). The van der Waals surface area contributed by atoms with Gasteiger partial charge in [-0.1, -0.05) is 0 Å². The number of nitrogens with zero attached hydrogens (tertiary/aromatic N) is 2. The van der Waals surface area contributed by atoms with Gasteiger partial charge in [-0.25, -0.2) is 5.43 Å². The number of aromatic nitrogens is 2. The van der Waals surface area contributed by atoms with Crippen LogP contribution in [0.4, 0.5) is 0 Å². The highest BCUT2D eigenvalue weighted by atomic mass is 79.9. The predicted molar refractivity (Wildman–Crippen MR) is 57.3 cm³/mol. The van der Waals surface area contributed by atoms with Crippen LogP contribution in [-0.2, 0) is 4.79 Å². The van der Waals surface area contributed by atoms with Crippen LogP contribution in [0.5, 0.6) is 0 Å². The molecular weight excluding hydrogens is 254 g/mol. The molecule has 1 aromatic heterocycles. The van der Waals surface area contributed by atoms with E-state index in [1.165, 1.54) is 16.6 Å². The Kier molecular flexibility index (Phi) is 3.80. The molecule has 0 saturated carbocycles. The van der Waals surface area contributed by atoms with Crippen LogP contribution in [0.2, 0.25) is 0 Å². The maximum Gasteiger partial charge on any atom is 0.252 e. The minimum absolute atomic E-state index is 0.0527. The highest BCUT2D eigenvalue weighted by molar-refractivity contribution is 9.10. The van der Waals surface area contributed by atoms with Gasteiger partial charge >= 0.3 is 0 Å². The Balaban J connectivity index is 2.54. The minimum Gasteiger partial charge on any atom is -0.272 e. The fourth-order valence-electron chi connectivity index (χ4n) is 0.673. The molecule has 1 atom stereocenters. The van der Waals surface area contributed by atoms with Crippen LogP contribution in [0, 0.1) is 0 Å². The van der Waals surface area contributed by atoms with E-state index in [9.17, 15) is 4.79 Å². The maximum atomic E-state index is 11.3. The van der Waals surface area contributed by atoms with Gasteiger partial charge in [0.05, 0.1) is 22.1 Å². The van der Waals surface area contributed by atoms with Crippen molar-refractivity contribution in [3.63, 3.8) is 0 Å². The lowest BCUT2D eigenvalue weighted by Gasteiger charge is -2.08. The fourth-order valence-corrected chi connectivity index (χ4v) is 1.23. The molecule has 72 valence electrons. The van der Waals surface area contributed by atoms with Crippen molar-refractivity contribution in [2.24, 2.45) is 0 Å². The molecule has 1 unspecified atom stereocenters. The van der Waals surface area contributed by atoms with Gasteiger partial charge in [-0.3, -0.25) is 4.79 Å². The number of hydrogen-bond donors (Lipinski definition) is 1. The van der Waals surface area contributed by atoms with Crippen LogP contribution in [-0.4, -0.2) is 27.3 Å². The number of carbonyl (C=O) groups excluding carboxylic acids is 1. The lowest BCUT2D eigenvalue weighted by Crippen LogP contribution is -2.29. The Morgan fingerprint density at radius 3 is 3.00 bits per heavy atom. The third-order valence-electron chi connectivity index (χ3n) is 1.50. The summed E-state index contributed by atoms with van der Waals surface area (Å²) in [4.78, 5) is 12.7. The van der Waals surface area contributed by atoms with E-state index < -0.39 is 0 Å². The van der Waals surface area contributed by atoms with E-state index in [4.69, 9.17) is 0 Å². The van der Waals surface area contributed by atoms with Crippen LogP contribution >= 0.6 is 27.7 Å². The number of carbonyl (C=O) groups is 1. The predicted octanol–water partition coefficient (Wildman–Crippen LogP) is 1.47. The van der Waals surface area contributed by atoms with Crippen molar-refractivity contribution < 1.29 is 4.79 Å². The summed E-state index contributed by atoms with van der Waals surface area (Å²) in [5.74, 6) is -0.0527. The van der Waals surface area contributed by atoms with Crippen molar-refractivity contribution in [2.45, 2.75) is 12.2 Å². The van der Waals surface area contributed by atoms with Crippen LogP contribution in [0.3, 0.4) is 0 Å². The molecule has 0 aliphatic rings. The number of thioether (sulfide) groups is 1. The second-order valence-corrected chi connectivity index (χ2v) is 4.55. The molecule has 0 aliphatic carbocycles. The zero-order valence-corrected chi connectivity index (χ0v) is 9.72. The average molecular weight is 264 g/mol. The van der Waals surface area contributed by atoms with Crippen molar-refractivity contribution in [3.05, 3.63) is 16.9 Å². The van der Waals surface area contributed by atoms with E-state index >= 15 is 0 Å². The lowest BCUT2D eigenvalue weighted by atomic mass is 10.5. The molecule has 1 amide bonds. The summed E-state index contributed by atoms with van der Waals surface area (Å²) in [6, 6.07) is 0. The zero-order valence-electron chi connectivity index (χ0n) is 7.32. The van der Waals surface area contributed by atoms with E-state index in [-0.39, 0.29) is 11.2 Å². The summed E-state index contributed by atoms with van der Waals surface area (Å²) in [7, 11) is 0. The number of rotatable bonds is 3. The smallest absolute Gasteiger partial charge is 0.252 e. The fraction of sp³-hybridized carbons (Fsp3) is 0.429. The number of amides is 1. The number of hydrogen-bond acceptors (Lipinski definition) is 3. The quantitative estimate of drug-likeness (QED) is 0.899. The van der Waals surface area contributed by atoms with Gasteiger partial charge < -0.3 is 0 Å². The molecule has 1 aromatic rings. The van der Waals surface area contributed by atoms with Gasteiger partial charge in [-0.15, -0.1) is 0 Å². The first-order chi connectivity index (χ1) is 6.13. The Morgan fingerprint density at radius 1 is 1.85 bits per heavy atom. The summed E-state index contributed by atoms with van der Waals surface area (Å²) >= 11 is 4.73. The average Bonchev–Trinajstić information content (AvgIpc) is 2.49. The normalized spacial score (nSPS) is 12.5. The van der Waals surface area contributed by atoms with E-state index in [1.807, 2.05) is 13.2 Å². The van der Waals surface area contributed by atoms with Crippen molar-refractivity contribution in [2.75, 3.05) is 11.7 Å². The molecule has 1 N–H and O–H groups in total. The molecule has 0 aliphatic heterocycles. The molecular formula is C7H10BrN3OS. The van der Waals surface area contributed by atoms with E-state index in [0.29, 0.717) is 0 Å². The SMILES string of the molecule is CSC(C)C(=O)Nn1cc(Br)cn1. The summed E-state index contributed by atoms with van der Waals surface area (Å²) in [5, 5.41) is 3.83. The molecule has 4 nitrogen and oxygen atoms in total. The number of nitrogens with one attached hydrogen (secondary N) is 1. The Hall–Kier alpha value is -0.490. The first-order valence-electron chi connectivity index (χ1n) is 3.67. The van der Waals surface area contributed by atoms with Gasteiger partial charge in [-0.05, 0) is 29.1 Å². The molecule has 13 heavy (non-hydrogen) atoms. The third-order valence-corrected chi connectivity index (χ3v) is 2.83. The zero-order chi connectivity index (χ0) is 9.84. The van der Waals surface area contributed by atoms with Crippen LogP contribution in [0.1, 0.15) is 6.92 Å². The van der Waals surface area contributed by atoms with Crippen molar-refractivity contribution >= 4 is 33.6 Å². The summed E-state index contributed by atoms with van der Waals surface area (Å²) in [5.41, 5.74) is 2.63. The topological polar surface area (TPSA) is 46.9 Å². The molecule has 6 heteroatoms. The molecule has 0 spiro atoms. The van der Waals surface area contributed by atoms with Gasteiger partial charge in [0.2, 0.25) is 0 Å². The first kappa shape index (κ1) is 10.6. The van der Waals surface area contributed by atoms with Gasteiger partial charge in [0.1, 0.15) is 0 Å². The molecule has 0 radical (unpaired) electrons. The van der Waals surface area contributed by atoms with Crippen LogP contribution in [0.25, 0.3) is 0 Å². The first-order valence-corrected chi connectivity index (χ1v) is 5.75. The monoisotopic (exact) mass is 263 g/mol. The summed E-state index contributed by atoms with van der Waals surface area (Å²) in [6.45, 7) is 1.85. The van der Waals surface area contributed by atoms with Gasteiger partial charge in [0.25, 0.3) is 5.91 Å². The maximum absolute atomic E-state index is 11.3. The minimum atomic E-state index is -0.0667. The molecule has 0 saturated heterocycles. The Labute approximate surface area is 89.2 Å². The van der Waals surface area contributed by atoms with Gasteiger partial charge in [-0.2, -0.15) is 21.7 Å². The van der Waals surface area contributed by atoms with Crippen molar-refractivity contribution in [1.29, 1.82) is 0 Å². The van der Waals surface area contributed by atoms with Crippen molar-refractivity contribution in [1.82, 2.24) is 9.89 Å². The highest BCUT2D eigenvalue weighted by Crippen LogP contribution is 2.07. The summed E-state index contributed by atoms with van der Waals surface area (Å²) < 4.78 is 0.838. The standard InChI is InChI=1S/C7H10BrN3OS/c1-5(13-2)7(12)10-11-4-6(8)3-9-11/h3-5H,1-2H3,(H,10,12). The second kappa shape index (κ2) is 4.66. The van der Waals surface area contributed by atoms with E-state index in [2.05, 4.69) is 26.5 Å². The number of halogens is 1. The Morgan fingerprint density at radius 2 is 2.54 bits per heavy atom. The molecule has 1 heterocycles. The van der Waals surface area contributed by atoms with E-state index in [1.54, 1.807) is 12.4 Å². The van der Waals surface area contributed by atoms with Crippen LogP contribution in [0.15, 0.2) is 16.9 Å². The van der Waals surface area contributed by atoms with Gasteiger partial charge in [0, 0.05) is 0 Å². The lowest BCUT2D eigenvalue weighted by molar-refractivity contribution is -0.116. The third kappa shape index (κ3) is 3.04. The largest absolute Gasteiger partial charge is 0.272 e. The molecule has 0 aromatic carbocycles. The second-order valence-electron chi connectivity index (χ2n) is 2.46. The van der Waals surface area contributed by atoms with Crippen molar-refractivity contribution in [3.8, 4) is 0 Å². The highest BCUT2D eigenvalue weighted by Gasteiger charge is 2.10. The van der Waals surface area contributed by atoms with Crippen LogP contribution < -0.4 is 5.43 Å².